The zero-order valence-corrected chi connectivity index (χ0v) is 11.8. The van der Waals surface area contributed by atoms with E-state index < -0.39 is 19.2 Å². The molecule has 0 spiro atoms. The van der Waals surface area contributed by atoms with Gasteiger partial charge in [0, 0.05) is 0 Å². The molecule has 4 nitrogen and oxygen atoms in total. The number of hydrogen-bond acceptors (Lipinski definition) is 4. The van der Waals surface area contributed by atoms with Crippen LogP contribution in [-0.4, -0.2) is 53.1 Å². The maximum atomic E-state index is 5.43. The summed E-state index contributed by atoms with van der Waals surface area (Å²) in [4.78, 5) is 2.15. The zero-order valence-electron chi connectivity index (χ0n) is 8.93. The second kappa shape index (κ2) is 7.99. The van der Waals surface area contributed by atoms with Crippen LogP contribution in [0.15, 0.2) is 0 Å². The van der Waals surface area contributed by atoms with Crippen molar-refractivity contribution in [1.29, 1.82) is 0 Å². The molecule has 5 heteroatoms. The summed E-state index contributed by atoms with van der Waals surface area (Å²) in [6, 6.07) is 0. The van der Waals surface area contributed by atoms with Crippen LogP contribution in [0.25, 0.3) is 0 Å². The van der Waals surface area contributed by atoms with Crippen LogP contribution in [0.5, 0.6) is 0 Å². The Morgan fingerprint density at radius 1 is 1.23 bits per heavy atom. The molecule has 0 saturated heterocycles. The van der Waals surface area contributed by atoms with Crippen molar-refractivity contribution in [2.45, 2.75) is 15.8 Å². The molecule has 80 valence electrons. The summed E-state index contributed by atoms with van der Waals surface area (Å²) in [5.74, 6) is 0. The van der Waals surface area contributed by atoms with E-state index in [4.69, 9.17) is 11.9 Å². The molecule has 0 heterocycles. The molecule has 0 aromatic carbocycles. The number of nitrogens with one attached hydrogen (secondary N) is 1. The fourth-order valence-electron chi connectivity index (χ4n) is 1.05. The van der Waals surface area contributed by atoms with Gasteiger partial charge in [-0.15, -0.1) is 0 Å². The molecule has 0 fully saturated rings. The summed E-state index contributed by atoms with van der Waals surface area (Å²) < 4.78 is 12.0. The molecule has 3 N–H and O–H groups in total. The Labute approximate surface area is 86.1 Å². The summed E-state index contributed by atoms with van der Waals surface area (Å²) in [5, 5.41) is 3.25. The third-order valence-electron chi connectivity index (χ3n) is 2.17. The Kier molecular flexibility index (Phi) is 8.38. The van der Waals surface area contributed by atoms with E-state index in [9.17, 15) is 0 Å². The van der Waals surface area contributed by atoms with Crippen molar-refractivity contribution in [2.75, 3.05) is 33.9 Å². The fourth-order valence-corrected chi connectivity index (χ4v) is 5.03. The normalized spacial score (nSPS) is 12.0. The Bertz CT molecular complexity index is 121. The van der Waals surface area contributed by atoms with Crippen molar-refractivity contribution in [1.82, 2.24) is 5.32 Å². The second-order valence-corrected chi connectivity index (χ2v) is 13.4. The molecular formula is C8H22N2O2Sn. The third kappa shape index (κ3) is 6.68. The quantitative estimate of drug-likeness (QED) is 0.499. The van der Waals surface area contributed by atoms with Crippen LogP contribution >= 0.6 is 0 Å². The van der Waals surface area contributed by atoms with E-state index in [2.05, 4.69) is 10.3 Å². The Hall–Kier alpha value is 0.639. The molecule has 0 amide bonds. The molecule has 0 saturated carbocycles. The number of nitrogens with two attached hydrogens (primary N) is 1. The second-order valence-electron chi connectivity index (χ2n) is 3.18. The molecule has 0 atom stereocenters. The van der Waals surface area contributed by atoms with Gasteiger partial charge in [0.05, 0.1) is 0 Å². The SMILES string of the molecule is C[O][Sn]([CH3])([CH2]CCNCCN)[O]C. The summed E-state index contributed by atoms with van der Waals surface area (Å²) >= 11 is -2.54. The van der Waals surface area contributed by atoms with Crippen molar-refractivity contribution in [3.8, 4) is 0 Å². The van der Waals surface area contributed by atoms with Crippen molar-refractivity contribution in [3.63, 3.8) is 0 Å². The van der Waals surface area contributed by atoms with Gasteiger partial charge in [-0.05, 0) is 0 Å². The van der Waals surface area contributed by atoms with Gasteiger partial charge in [-0.25, -0.2) is 0 Å². The first kappa shape index (κ1) is 13.6. The van der Waals surface area contributed by atoms with Gasteiger partial charge in [0.15, 0.2) is 0 Å². The van der Waals surface area contributed by atoms with Crippen molar-refractivity contribution < 1.29 is 6.15 Å². The average Bonchev–Trinajstić information content (AvgIpc) is 2.17. The van der Waals surface area contributed by atoms with Crippen LogP contribution in [0.4, 0.5) is 0 Å². The van der Waals surface area contributed by atoms with E-state index in [-0.39, 0.29) is 0 Å². The molecule has 0 aromatic rings. The van der Waals surface area contributed by atoms with Crippen LogP contribution in [0.1, 0.15) is 6.42 Å². The predicted octanol–water partition coefficient (Wildman–Crippen LogP) is 0.290. The zero-order chi connectivity index (χ0) is 10.2. The fraction of sp³-hybridized carbons (Fsp3) is 1.00. The molecule has 0 aromatic heterocycles. The van der Waals surface area contributed by atoms with Crippen molar-refractivity contribution in [2.24, 2.45) is 5.73 Å². The maximum absolute atomic E-state index is 5.43. The molecule has 0 aliphatic carbocycles. The van der Waals surface area contributed by atoms with Gasteiger partial charge in [0.25, 0.3) is 0 Å². The third-order valence-corrected chi connectivity index (χ3v) is 10.7. The minimum absolute atomic E-state index is 0.703. The first-order valence-corrected chi connectivity index (χ1v) is 11.9. The predicted molar refractivity (Wildman–Crippen MR) is 57.0 cm³/mol. The van der Waals surface area contributed by atoms with E-state index in [1.165, 1.54) is 0 Å². The first-order valence-electron chi connectivity index (χ1n) is 4.69. The monoisotopic (exact) mass is 298 g/mol. The Morgan fingerprint density at radius 3 is 2.31 bits per heavy atom. The van der Waals surface area contributed by atoms with E-state index in [1.54, 1.807) is 14.2 Å². The van der Waals surface area contributed by atoms with Crippen molar-refractivity contribution in [3.05, 3.63) is 0 Å². The minimum atomic E-state index is -2.54. The van der Waals surface area contributed by atoms with Crippen LogP contribution in [0.2, 0.25) is 9.38 Å². The van der Waals surface area contributed by atoms with Gasteiger partial charge < -0.3 is 0 Å². The molecule has 0 aliphatic rings. The topological polar surface area (TPSA) is 56.5 Å². The van der Waals surface area contributed by atoms with Gasteiger partial charge in [-0.3, -0.25) is 0 Å². The summed E-state index contributed by atoms with van der Waals surface area (Å²) in [6.07, 6.45) is 1.12. The van der Waals surface area contributed by atoms with Gasteiger partial charge in [0.1, 0.15) is 0 Å². The van der Waals surface area contributed by atoms with Crippen LogP contribution in [0, 0.1) is 0 Å². The van der Waals surface area contributed by atoms with Gasteiger partial charge >= 0.3 is 86.1 Å². The summed E-state index contributed by atoms with van der Waals surface area (Å²) in [5.41, 5.74) is 5.35. The van der Waals surface area contributed by atoms with E-state index >= 15 is 0 Å². The van der Waals surface area contributed by atoms with E-state index in [0.717, 1.165) is 23.9 Å². The van der Waals surface area contributed by atoms with Crippen LogP contribution in [-0.2, 0) is 6.15 Å². The van der Waals surface area contributed by atoms with Crippen LogP contribution < -0.4 is 11.1 Å². The molecule has 0 radical (unpaired) electrons. The summed E-state index contributed by atoms with van der Waals surface area (Å²) in [7, 11) is 3.51. The molecular weight excluding hydrogens is 275 g/mol. The van der Waals surface area contributed by atoms with Gasteiger partial charge in [0.2, 0.25) is 0 Å². The number of hydrogen-bond donors (Lipinski definition) is 2. The molecule has 0 rings (SSSR count). The van der Waals surface area contributed by atoms with Crippen molar-refractivity contribution >= 4 is 19.2 Å². The standard InChI is InChI=1S/C5H13N2.2CH3O.CH3.Sn/c1-2-4-7-5-3-6;2*1-2;;/h7H,1-6H2;2*1H3;1H3;/q;2*-1;;+2. The van der Waals surface area contributed by atoms with Gasteiger partial charge in [-0.1, -0.05) is 0 Å². The molecule has 13 heavy (non-hydrogen) atoms. The Morgan fingerprint density at radius 2 is 1.85 bits per heavy atom. The first-order chi connectivity index (χ1) is 6.18. The van der Waals surface area contributed by atoms with E-state index in [0.29, 0.717) is 6.54 Å². The molecule has 0 bridgehead atoms. The van der Waals surface area contributed by atoms with E-state index in [1.807, 2.05) is 0 Å². The Balaban J connectivity index is 3.39. The average molecular weight is 297 g/mol. The van der Waals surface area contributed by atoms with Crippen LogP contribution in [0.3, 0.4) is 0 Å². The van der Waals surface area contributed by atoms with Gasteiger partial charge in [-0.2, -0.15) is 0 Å². The molecule has 0 unspecified atom stereocenters. The summed E-state index contributed by atoms with van der Waals surface area (Å²) in [6.45, 7) is 2.61. The number of rotatable bonds is 8. The molecule has 0 aliphatic heterocycles.